The van der Waals surface area contributed by atoms with E-state index < -0.39 is 0 Å². The van der Waals surface area contributed by atoms with Gasteiger partial charge in [-0.2, -0.15) is 0 Å². The van der Waals surface area contributed by atoms with Crippen molar-refractivity contribution >= 4 is 5.82 Å². The average Bonchev–Trinajstić information content (AvgIpc) is 2.56. The van der Waals surface area contributed by atoms with Gasteiger partial charge in [-0.15, -0.1) is 0 Å². The Balaban J connectivity index is 1.68. The van der Waals surface area contributed by atoms with E-state index in [0.717, 1.165) is 55.7 Å². The van der Waals surface area contributed by atoms with Crippen LogP contribution in [0.2, 0.25) is 0 Å². The molecule has 1 atom stereocenters. The number of hydrogen-bond donors (Lipinski definition) is 1. The Labute approximate surface area is 136 Å². The van der Waals surface area contributed by atoms with Gasteiger partial charge in [-0.25, -0.2) is 9.97 Å². The fourth-order valence-corrected chi connectivity index (χ4v) is 2.74. The van der Waals surface area contributed by atoms with Crippen LogP contribution in [0.25, 0.3) is 11.4 Å². The van der Waals surface area contributed by atoms with Crippen molar-refractivity contribution in [2.45, 2.75) is 19.9 Å². The summed E-state index contributed by atoms with van der Waals surface area (Å²) < 4.78 is 5.39. The molecule has 2 aromatic heterocycles. The Bertz CT molecular complexity index is 628. The zero-order valence-electron chi connectivity index (χ0n) is 13.7. The van der Waals surface area contributed by atoms with Crippen LogP contribution in [0.3, 0.4) is 0 Å². The summed E-state index contributed by atoms with van der Waals surface area (Å²) in [5.74, 6) is 1.60. The molecule has 6 nitrogen and oxygen atoms in total. The quantitative estimate of drug-likeness (QED) is 0.911. The molecule has 1 fully saturated rings. The van der Waals surface area contributed by atoms with Gasteiger partial charge in [0.1, 0.15) is 5.82 Å². The van der Waals surface area contributed by atoms with E-state index in [9.17, 15) is 0 Å². The van der Waals surface area contributed by atoms with Gasteiger partial charge in [0, 0.05) is 55.4 Å². The van der Waals surface area contributed by atoms with Crippen molar-refractivity contribution < 1.29 is 4.74 Å². The third-order valence-corrected chi connectivity index (χ3v) is 3.82. The summed E-state index contributed by atoms with van der Waals surface area (Å²) in [5, 5.41) is 3.49. The molecular weight excluding hydrogens is 290 g/mol. The number of rotatable bonds is 5. The van der Waals surface area contributed by atoms with Crippen LogP contribution in [0.15, 0.2) is 30.6 Å². The first-order valence-corrected chi connectivity index (χ1v) is 8.03. The Morgan fingerprint density at radius 2 is 1.96 bits per heavy atom. The minimum Gasteiger partial charge on any atom is -0.379 e. The molecule has 0 bridgehead atoms. The van der Waals surface area contributed by atoms with Crippen LogP contribution in [0.4, 0.5) is 5.82 Å². The van der Waals surface area contributed by atoms with Crippen LogP contribution < -0.4 is 5.32 Å². The molecule has 0 aliphatic carbocycles. The molecule has 0 amide bonds. The maximum Gasteiger partial charge on any atom is 0.161 e. The van der Waals surface area contributed by atoms with Gasteiger partial charge < -0.3 is 10.1 Å². The van der Waals surface area contributed by atoms with Gasteiger partial charge in [-0.3, -0.25) is 9.88 Å². The predicted molar refractivity (Wildman–Crippen MR) is 90.3 cm³/mol. The lowest BCUT2D eigenvalue weighted by Crippen LogP contribution is -2.42. The highest BCUT2D eigenvalue weighted by atomic mass is 16.5. The maximum absolute atomic E-state index is 5.39. The molecule has 0 spiro atoms. The van der Waals surface area contributed by atoms with Crippen LogP contribution in [-0.2, 0) is 4.74 Å². The summed E-state index contributed by atoms with van der Waals surface area (Å²) in [5.41, 5.74) is 1.93. The van der Waals surface area contributed by atoms with Crippen LogP contribution >= 0.6 is 0 Å². The lowest BCUT2D eigenvalue weighted by molar-refractivity contribution is 0.0368. The molecule has 122 valence electrons. The maximum atomic E-state index is 5.39. The summed E-state index contributed by atoms with van der Waals surface area (Å²) in [4.78, 5) is 15.6. The van der Waals surface area contributed by atoms with Gasteiger partial charge in [0.15, 0.2) is 5.82 Å². The normalized spacial score (nSPS) is 17.0. The van der Waals surface area contributed by atoms with Crippen molar-refractivity contribution in [3.63, 3.8) is 0 Å². The number of anilines is 1. The fourth-order valence-electron chi connectivity index (χ4n) is 2.74. The first-order chi connectivity index (χ1) is 11.2. The molecule has 3 heterocycles. The number of aryl methyl sites for hydroxylation is 1. The lowest BCUT2D eigenvalue weighted by Gasteiger charge is -2.29. The zero-order chi connectivity index (χ0) is 16.1. The topological polar surface area (TPSA) is 63.2 Å². The Hall–Kier alpha value is -2.05. The number of morpholine rings is 1. The standard InChI is InChI=1S/C17H23N5O/c1-13-11-16(19-14(2)12-22-7-9-23-10-8-22)21-17(20-13)15-3-5-18-6-4-15/h3-6,11,14H,7-10,12H2,1-2H3,(H,19,20,21). The first kappa shape index (κ1) is 15.8. The molecule has 0 saturated carbocycles. The molecule has 1 N–H and O–H groups in total. The van der Waals surface area contributed by atoms with E-state index in [1.54, 1.807) is 12.4 Å². The Morgan fingerprint density at radius 1 is 1.22 bits per heavy atom. The zero-order valence-corrected chi connectivity index (χ0v) is 13.7. The molecular formula is C17H23N5O. The van der Waals surface area contributed by atoms with Crippen molar-refractivity contribution in [1.29, 1.82) is 0 Å². The molecule has 0 aromatic carbocycles. The molecule has 2 aromatic rings. The second-order valence-corrected chi connectivity index (χ2v) is 5.91. The monoisotopic (exact) mass is 313 g/mol. The molecule has 1 saturated heterocycles. The number of pyridine rings is 1. The lowest BCUT2D eigenvalue weighted by atomic mass is 10.2. The SMILES string of the molecule is Cc1cc(NC(C)CN2CCOCC2)nc(-c2ccncc2)n1. The largest absolute Gasteiger partial charge is 0.379 e. The number of nitrogens with one attached hydrogen (secondary N) is 1. The highest BCUT2D eigenvalue weighted by molar-refractivity contribution is 5.56. The Kier molecular flexibility index (Phi) is 5.15. The second kappa shape index (κ2) is 7.48. The number of hydrogen-bond acceptors (Lipinski definition) is 6. The molecule has 3 rings (SSSR count). The Morgan fingerprint density at radius 3 is 2.70 bits per heavy atom. The van der Waals surface area contributed by atoms with Gasteiger partial charge in [0.05, 0.1) is 13.2 Å². The molecule has 23 heavy (non-hydrogen) atoms. The summed E-state index contributed by atoms with van der Waals surface area (Å²) in [6.07, 6.45) is 3.52. The van der Waals surface area contributed by atoms with E-state index in [4.69, 9.17) is 4.74 Å². The van der Waals surface area contributed by atoms with E-state index in [0.29, 0.717) is 6.04 Å². The minimum absolute atomic E-state index is 0.313. The second-order valence-electron chi connectivity index (χ2n) is 5.91. The van der Waals surface area contributed by atoms with E-state index in [2.05, 4.69) is 32.1 Å². The molecule has 6 heteroatoms. The van der Waals surface area contributed by atoms with E-state index >= 15 is 0 Å². The van der Waals surface area contributed by atoms with E-state index in [-0.39, 0.29) is 0 Å². The van der Waals surface area contributed by atoms with Gasteiger partial charge in [0.2, 0.25) is 0 Å². The number of ether oxygens (including phenoxy) is 1. The van der Waals surface area contributed by atoms with Crippen LogP contribution in [0.5, 0.6) is 0 Å². The molecule has 0 radical (unpaired) electrons. The van der Waals surface area contributed by atoms with Gasteiger partial charge in [-0.1, -0.05) is 0 Å². The molecule has 1 unspecified atom stereocenters. The summed E-state index contributed by atoms with van der Waals surface area (Å²) in [7, 11) is 0. The van der Waals surface area contributed by atoms with Crippen LogP contribution in [0, 0.1) is 6.92 Å². The van der Waals surface area contributed by atoms with Gasteiger partial charge in [-0.05, 0) is 26.0 Å². The fraction of sp³-hybridized carbons (Fsp3) is 0.471. The minimum atomic E-state index is 0.313. The number of nitrogens with zero attached hydrogens (tertiary/aromatic N) is 4. The highest BCUT2D eigenvalue weighted by Crippen LogP contribution is 2.17. The summed E-state index contributed by atoms with van der Waals surface area (Å²) in [6.45, 7) is 8.80. The van der Waals surface area contributed by atoms with Crippen molar-refractivity contribution in [3.05, 3.63) is 36.3 Å². The van der Waals surface area contributed by atoms with Crippen molar-refractivity contribution in [2.75, 3.05) is 38.2 Å². The van der Waals surface area contributed by atoms with E-state index in [1.165, 1.54) is 0 Å². The highest BCUT2D eigenvalue weighted by Gasteiger charge is 2.14. The van der Waals surface area contributed by atoms with Gasteiger partial charge >= 0.3 is 0 Å². The van der Waals surface area contributed by atoms with E-state index in [1.807, 2.05) is 25.1 Å². The average molecular weight is 313 g/mol. The third kappa shape index (κ3) is 4.46. The summed E-state index contributed by atoms with van der Waals surface area (Å²) >= 11 is 0. The van der Waals surface area contributed by atoms with Crippen LogP contribution in [-0.4, -0.2) is 58.7 Å². The van der Waals surface area contributed by atoms with Crippen molar-refractivity contribution in [3.8, 4) is 11.4 Å². The van der Waals surface area contributed by atoms with Crippen LogP contribution in [0.1, 0.15) is 12.6 Å². The molecule has 1 aliphatic heterocycles. The smallest absolute Gasteiger partial charge is 0.161 e. The number of aromatic nitrogens is 3. The van der Waals surface area contributed by atoms with Gasteiger partial charge in [0.25, 0.3) is 0 Å². The third-order valence-electron chi connectivity index (χ3n) is 3.82. The summed E-state index contributed by atoms with van der Waals surface area (Å²) in [6, 6.07) is 6.15. The predicted octanol–water partition coefficient (Wildman–Crippen LogP) is 1.98. The van der Waals surface area contributed by atoms with Crippen molar-refractivity contribution in [1.82, 2.24) is 19.9 Å². The van der Waals surface area contributed by atoms with Crippen molar-refractivity contribution in [2.24, 2.45) is 0 Å². The first-order valence-electron chi connectivity index (χ1n) is 8.03. The molecule has 1 aliphatic rings.